The Balaban J connectivity index is 1.33. The number of amides is 1. The molecule has 4 rings (SSSR count). The van der Waals surface area contributed by atoms with Crippen LogP contribution in [-0.2, 0) is 11.3 Å². The lowest BCUT2D eigenvalue weighted by molar-refractivity contribution is -0.111. The van der Waals surface area contributed by atoms with Crippen LogP contribution in [0.1, 0.15) is 11.1 Å². The Morgan fingerprint density at radius 2 is 1.94 bits per heavy atom. The van der Waals surface area contributed by atoms with Crippen molar-refractivity contribution >= 4 is 50.0 Å². The van der Waals surface area contributed by atoms with Crippen molar-refractivity contribution in [3.63, 3.8) is 0 Å². The SMILES string of the molecule is COc1ccc2nc(NCc3ccc(C=CC(=O)Nc4ccccc4N)cc3)sc2c1. The highest BCUT2D eigenvalue weighted by Gasteiger charge is 2.05. The molecule has 0 fully saturated rings. The first-order valence-corrected chi connectivity index (χ1v) is 10.5. The Morgan fingerprint density at radius 1 is 1.13 bits per heavy atom. The van der Waals surface area contributed by atoms with Crippen molar-refractivity contribution in [1.82, 2.24) is 4.98 Å². The molecule has 0 saturated carbocycles. The van der Waals surface area contributed by atoms with Crippen LogP contribution in [0.5, 0.6) is 5.75 Å². The zero-order valence-corrected chi connectivity index (χ0v) is 17.8. The molecule has 31 heavy (non-hydrogen) atoms. The molecule has 0 aliphatic rings. The number of methoxy groups -OCH3 is 1. The summed E-state index contributed by atoms with van der Waals surface area (Å²) in [6.45, 7) is 0.661. The fraction of sp³-hybridized carbons (Fsp3) is 0.0833. The number of rotatable bonds is 7. The first-order chi connectivity index (χ1) is 15.1. The summed E-state index contributed by atoms with van der Waals surface area (Å²) in [6, 6.07) is 21.0. The van der Waals surface area contributed by atoms with Crippen LogP contribution in [0.3, 0.4) is 0 Å². The molecular weight excluding hydrogens is 408 g/mol. The lowest BCUT2D eigenvalue weighted by Crippen LogP contribution is -2.09. The minimum absolute atomic E-state index is 0.226. The number of carbonyl (C=O) groups is 1. The largest absolute Gasteiger partial charge is 0.497 e. The van der Waals surface area contributed by atoms with E-state index in [9.17, 15) is 4.79 Å². The summed E-state index contributed by atoms with van der Waals surface area (Å²) in [5.41, 5.74) is 9.99. The molecule has 1 amide bonds. The number of ether oxygens (including phenoxy) is 1. The highest BCUT2D eigenvalue weighted by Crippen LogP contribution is 2.29. The van der Waals surface area contributed by atoms with Crippen LogP contribution in [0.2, 0.25) is 0 Å². The summed E-state index contributed by atoms with van der Waals surface area (Å²) in [6.07, 6.45) is 3.27. The third kappa shape index (κ3) is 5.21. The van der Waals surface area contributed by atoms with Crippen molar-refractivity contribution < 1.29 is 9.53 Å². The number of fused-ring (bicyclic) bond motifs is 1. The van der Waals surface area contributed by atoms with E-state index in [0.29, 0.717) is 17.9 Å². The lowest BCUT2D eigenvalue weighted by Gasteiger charge is -2.05. The van der Waals surface area contributed by atoms with Gasteiger partial charge in [-0.25, -0.2) is 4.98 Å². The normalized spacial score (nSPS) is 11.0. The molecule has 1 aromatic heterocycles. The molecule has 0 radical (unpaired) electrons. The number of benzene rings is 3. The van der Waals surface area contributed by atoms with Gasteiger partial charge in [0.2, 0.25) is 5.91 Å². The van der Waals surface area contributed by atoms with Crippen LogP contribution < -0.4 is 21.1 Å². The number of nitrogens with two attached hydrogens (primary N) is 1. The highest BCUT2D eigenvalue weighted by atomic mass is 32.1. The molecular formula is C24H22N4O2S. The van der Waals surface area contributed by atoms with E-state index in [2.05, 4.69) is 15.6 Å². The van der Waals surface area contributed by atoms with Gasteiger partial charge in [-0.15, -0.1) is 0 Å². The zero-order chi connectivity index (χ0) is 21.6. The molecule has 0 saturated heterocycles. The van der Waals surface area contributed by atoms with E-state index in [1.165, 1.54) is 6.08 Å². The number of para-hydroxylation sites is 2. The molecule has 4 N–H and O–H groups in total. The molecule has 0 atom stereocenters. The maximum atomic E-state index is 12.1. The van der Waals surface area contributed by atoms with Gasteiger partial charge in [-0.3, -0.25) is 4.79 Å². The average Bonchev–Trinajstić information content (AvgIpc) is 3.20. The minimum atomic E-state index is -0.226. The smallest absolute Gasteiger partial charge is 0.248 e. The predicted molar refractivity (Wildman–Crippen MR) is 128 cm³/mol. The maximum absolute atomic E-state index is 12.1. The van der Waals surface area contributed by atoms with Gasteiger partial charge in [-0.05, 0) is 47.5 Å². The van der Waals surface area contributed by atoms with E-state index < -0.39 is 0 Å². The number of anilines is 3. The number of nitrogens with zero attached hydrogens (tertiary/aromatic N) is 1. The van der Waals surface area contributed by atoms with E-state index in [0.717, 1.165) is 32.2 Å². The van der Waals surface area contributed by atoms with Crippen molar-refractivity contribution in [2.45, 2.75) is 6.54 Å². The van der Waals surface area contributed by atoms with Crippen molar-refractivity contribution in [3.05, 3.63) is 83.9 Å². The summed E-state index contributed by atoms with van der Waals surface area (Å²) in [5, 5.41) is 7.00. The molecule has 6 nitrogen and oxygen atoms in total. The van der Waals surface area contributed by atoms with Gasteiger partial charge in [0.15, 0.2) is 5.13 Å². The lowest BCUT2D eigenvalue weighted by atomic mass is 10.1. The Hall–Kier alpha value is -3.84. The van der Waals surface area contributed by atoms with Gasteiger partial charge >= 0.3 is 0 Å². The fourth-order valence-corrected chi connectivity index (χ4v) is 3.88. The second-order valence-corrected chi connectivity index (χ2v) is 7.89. The van der Waals surface area contributed by atoms with Gasteiger partial charge in [-0.1, -0.05) is 47.7 Å². The summed E-state index contributed by atoms with van der Waals surface area (Å²) in [4.78, 5) is 16.7. The molecule has 0 aliphatic carbocycles. The summed E-state index contributed by atoms with van der Waals surface area (Å²) >= 11 is 1.60. The van der Waals surface area contributed by atoms with Gasteiger partial charge < -0.3 is 21.1 Å². The van der Waals surface area contributed by atoms with Crippen LogP contribution in [0.15, 0.2) is 72.8 Å². The second kappa shape index (κ2) is 9.32. The third-order valence-corrected chi connectivity index (χ3v) is 5.64. The Bertz CT molecular complexity index is 1230. The average molecular weight is 431 g/mol. The molecule has 0 spiro atoms. The number of aromatic nitrogens is 1. The summed E-state index contributed by atoms with van der Waals surface area (Å²) in [7, 11) is 1.66. The monoisotopic (exact) mass is 430 g/mol. The van der Waals surface area contributed by atoms with Gasteiger partial charge in [0.25, 0.3) is 0 Å². The number of carbonyl (C=O) groups excluding carboxylic acids is 1. The molecule has 0 bridgehead atoms. The van der Waals surface area contributed by atoms with E-state index in [1.807, 2.05) is 54.6 Å². The third-order valence-electron chi connectivity index (χ3n) is 4.66. The molecule has 4 aromatic rings. The van der Waals surface area contributed by atoms with Gasteiger partial charge in [0, 0.05) is 12.6 Å². The Labute approximate surface area is 184 Å². The number of nitrogens with one attached hydrogen (secondary N) is 2. The van der Waals surface area contributed by atoms with E-state index in [-0.39, 0.29) is 5.91 Å². The molecule has 7 heteroatoms. The number of nitrogen functional groups attached to an aromatic ring is 1. The van der Waals surface area contributed by atoms with Crippen LogP contribution >= 0.6 is 11.3 Å². The summed E-state index contributed by atoms with van der Waals surface area (Å²) < 4.78 is 6.35. The predicted octanol–water partition coefficient (Wildman–Crippen LogP) is 5.15. The fourth-order valence-electron chi connectivity index (χ4n) is 2.99. The molecule has 3 aromatic carbocycles. The molecule has 156 valence electrons. The molecule has 0 aliphatic heterocycles. The minimum Gasteiger partial charge on any atom is -0.497 e. The van der Waals surface area contributed by atoms with E-state index in [1.54, 1.807) is 36.7 Å². The van der Waals surface area contributed by atoms with E-state index >= 15 is 0 Å². The maximum Gasteiger partial charge on any atom is 0.248 e. The number of thiazole rings is 1. The first kappa shape index (κ1) is 20.4. The first-order valence-electron chi connectivity index (χ1n) is 9.72. The Morgan fingerprint density at radius 3 is 2.71 bits per heavy atom. The quantitative estimate of drug-likeness (QED) is 0.279. The second-order valence-electron chi connectivity index (χ2n) is 6.86. The van der Waals surface area contributed by atoms with Gasteiger partial charge in [-0.2, -0.15) is 0 Å². The van der Waals surface area contributed by atoms with Gasteiger partial charge in [0.05, 0.1) is 28.7 Å². The van der Waals surface area contributed by atoms with Crippen molar-refractivity contribution in [2.24, 2.45) is 0 Å². The van der Waals surface area contributed by atoms with Crippen molar-refractivity contribution in [2.75, 3.05) is 23.5 Å². The van der Waals surface area contributed by atoms with Crippen molar-refractivity contribution in [3.8, 4) is 5.75 Å². The number of hydrogen-bond acceptors (Lipinski definition) is 6. The number of hydrogen-bond donors (Lipinski definition) is 3. The van der Waals surface area contributed by atoms with Crippen LogP contribution in [-0.4, -0.2) is 18.0 Å². The van der Waals surface area contributed by atoms with Crippen molar-refractivity contribution in [1.29, 1.82) is 0 Å². The van der Waals surface area contributed by atoms with Crippen LogP contribution in [0.4, 0.5) is 16.5 Å². The molecule has 1 heterocycles. The molecule has 0 unspecified atom stereocenters. The Kier molecular flexibility index (Phi) is 6.14. The van der Waals surface area contributed by atoms with Crippen LogP contribution in [0.25, 0.3) is 16.3 Å². The zero-order valence-electron chi connectivity index (χ0n) is 17.0. The van der Waals surface area contributed by atoms with Gasteiger partial charge in [0.1, 0.15) is 5.75 Å². The topological polar surface area (TPSA) is 89.3 Å². The van der Waals surface area contributed by atoms with Crippen LogP contribution in [0, 0.1) is 0 Å². The van der Waals surface area contributed by atoms with E-state index in [4.69, 9.17) is 10.5 Å². The summed E-state index contributed by atoms with van der Waals surface area (Å²) in [5.74, 6) is 0.600. The standard InChI is InChI=1S/C24H22N4O2S/c1-30-18-11-12-21-22(14-18)31-24(28-21)26-15-17-8-6-16(7-9-17)10-13-23(29)27-20-5-3-2-4-19(20)25/h2-14H,15,25H2,1H3,(H,26,28)(H,27,29). The highest BCUT2D eigenvalue weighted by molar-refractivity contribution is 7.22.